The summed E-state index contributed by atoms with van der Waals surface area (Å²) in [6.45, 7) is 2.43. The van der Waals surface area contributed by atoms with Crippen molar-refractivity contribution in [2.45, 2.75) is 6.54 Å². The average Bonchev–Trinajstić information content (AvgIpc) is 2.55. The van der Waals surface area contributed by atoms with Crippen LogP contribution in [0.4, 0.5) is 5.69 Å². The minimum atomic E-state index is 0.595. The number of rotatable bonds is 7. The summed E-state index contributed by atoms with van der Waals surface area (Å²) in [5.74, 6) is 0.694. The number of nitrogens with zero attached hydrogens (tertiary/aromatic N) is 1. The lowest BCUT2D eigenvalue weighted by Gasteiger charge is -2.10. The maximum atomic E-state index is 9.13. The van der Waals surface area contributed by atoms with Crippen LogP contribution in [0.2, 0.25) is 0 Å². The zero-order valence-corrected chi connectivity index (χ0v) is 12.1. The summed E-state index contributed by atoms with van der Waals surface area (Å²) in [5.41, 5.74) is 2.69. The summed E-state index contributed by atoms with van der Waals surface area (Å²) in [6.07, 6.45) is 0. The number of hydrogen-bond donors (Lipinski definition) is 2. The number of hydrogen-bond acceptors (Lipinski definition) is 4. The highest BCUT2D eigenvalue weighted by atomic mass is 16.5. The second-order valence-electron chi connectivity index (χ2n) is 4.61. The minimum Gasteiger partial charge on any atom is -0.497 e. The fourth-order valence-electron chi connectivity index (χ4n) is 2.01. The number of methoxy groups -OCH3 is 1. The van der Waals surface area contributed by atoms with Crippen molar-refractivity contribution in [1.29, 1.82) is 5.26 Å². The van der Waals surface area contributed by atoms with E-state index in [4.69, 9.17) is 10.00 Å². The molecule has 0 atom stereocenters. The Bertz CT molecular complexity index is 605. The molecule has 0 unspecified atom stereocenters. The van der Waals surface area contributed by atoms with Crippen LogP contribution in [0.5, 0.6) is 5.75 Å². The van der Waals surface area contributed by atoms with Gasteiger partial charge in [0.15, 0.2) is 0 Å². The summed E-state index contributed by atoms with van der Waals surface area (Å²) >= 11 is 0. The maximum absolute atomic E-state index is 9.13. The van der Waals surface area contributed by atoms with Crippen LogP contribution in [-0.4, -0.2) is 20.2 Å². The summed E-state index contributed by atoms with van der Waals surface area (Å²) in [7, 11) is 1.59. The van der Waals surface area contributed by atoms with Gasteiger partial charge in [0, 0.05) is 19.6 Å². The fraction of sp³-hybridized carbons (Fsp3) is 0.235. The summed E-state index contributed by atoms with van der Waals surface area (Å²) < 4.78 is 5.11. The molecule has 21 heavy (non-hydrogen) atoms. The second kappa shape index (κ2) is 7.93. The van der Waals surface area contributed by atoms with E-state index in [1.54, 1.807) is 13.2 Å². The standard InChI is InChI=1S/C17H19N3O/c1-21-16-7-8-17(15(11-16)12-18)20-10-9-19-13-14-5-3-2-4-6-14/h2-8,11,19-20H,9-10,13H2,1H3. The first-order chi connectivity index (χ1) is 10.3. The minimum absolute atomic E-state index is 0.595. The van der Waals surface area contributed by atoms with Gasteiger partial charge in [-0.05, 0) is 23.8 Å². The Morgan fingerprint density at radius 2 is 1.90 bits per heavy atom. The third-order valence-corrected chi connectivity index (χ3v) is 3.14. The van der Waals surface area contributed by atoms with Crippen molar-refractivity contribution < 1.29 is 4.74 Å². The van der Waals surface area contributed by atoms with Gasteiger partial charge in [-0.1, -0.05) is 30.3 Å². The lowest BCUT2D eigenvalue weighted by atomic mass is 10.2. The predicted octanol–water partition coefficient (Wildman–Crippen LogP) is 2.77. The van der Waals surface area contributed by atoms with E-state index in [-0.39, 0.29) is 0 Å². The molecular weight excluding hydrogens is 262 g/mol. The van der Waals surface area contributed by atoms with Crippen molar-refractivity contribution in [3.05, 3.63) is 59.7 Å². The van der Waals surface area contributed by atoms with Crippen molar-refractivity contribution in [3.63, 3.8) is 0 Å². The number of nitriles is 1. The van der Waals surface area contributed by atoms with E-state index in [1.807, 2.05) is 30.3 Å². The molecule has 2 aromatic carbocycles. The highest BCUT2D eigenvalue weighted by Gasteiger charge is 2.03. The van der Waals surface area contributed by atoms with Gasteiger partial charge in [-0.15, -0.1) is 0 Å². The van der Waals surface area contributed by atoms with Gasteiger partial charge in [-0.2, -0.15) is 5.26 Å². The van der Waals surface area contributed by atoms with E-state index >= 15 is 0 Å². The molecule has 0 amide bonds. The molecule has 0 aromatic heterocycles. The molecule has 4 nitrogen and oxygen atoms in total. The van der Waals surface area contributed by atoms with Crippen LogP contribution in [0.25, 0.3) is 0 Å². The van der Waals surface area contributed by atoms with Gasteiger partial charge in [0.1, 0.15) is 11.8 Å². The monoisotopic (exact) mass is 281 g/mol. The number of ether oxygens (including phenoxy) is 1. The van der Waals surface area contributed by atoms with Gasteiger partial charge in [-0.25, -0.2) is 0 Å². The fourth-order valence-corrected chi connectivity index (χ4v) is 2.01. The number of nitrogens with one attached hydrogen (secondary N) is 2. The molecule has 0 bridgehead atoms. The molecule has 0 aliphatic rings. The zero-order chi connectivity index (χ0) is 14.9. The van der Waals surface area contributed by atoms with Crippen LogP contribution < -0.4 is 15.4 Å². The van der Waals surface area contributed by atoms with Crippen LogP contribution in [0.15, 0.2) is 48.5 Å². The van der Waals surface area contributed by atoms with Crippen LogP contribution >= 0.6 is 0 Å². The molecule has 0 saturated heterocycles. The van der Waals surface area contributed by atoms with E-state index in [1.165, 1.54) is 5.56 Å². The molecule has 0 aliphatic heterocycles. The SMILES string of the molecule is COc1ccc(NCCNCc2ccccc2)c(C#N)c1. The maximum Gasteiger partial charge on any atom is 0.120 e. The Kier molecular flexibility index (Phi) is 5.62. The van der Waals surface area contributed by atoms with E-state index in [2.05, 4.69) is 28.8 Å². The van der Waals surface area contributed by atoms with Crippen molar-refractivity contribution >= 4 is 5.69 Å². The molecule has 2 N–H and O–H groups in total. The zero-order valence-electron chi connectivity index (χ0n) is 12.1. The quantitative estimate of drug-likeness (QED) is 0.766. The highest BCUT2D eigenvalue weighted by Crippen LogP contribution is 2.20. The van der Waals surface area contributed by atoms with Crippen LogP contribution in [-0.2, 0) is 6.54 Å². The van der Waals surface area contributed by atoms with Gasteiger partial charge in [0.2, 0.25) is 0 Å². The van der Waals surface area contributed by atoms with Gasteiger partial charge in [-0.3, -0.25) is 0 Å². The van der Waals surface area contributed by atoms with Crippen LogP contribution in [0, 0.1) is 11.3 Å². The summed E-state index contributed by atoms with van der Waals surface area (Å²) in [6, 6.07) is 17.9. The topological polar surface area (TPSA) is 57.1 Å². The van der Waals surface area contributed by atoms with E-state index in [0.717, 1.165) is 25.3 Å². The lowest BCUT2D eigenvalue weighted by molar-refractivity contribution is 0.414. The lowest BCUT2D eigenvalue weighted by Crippen LogP contribution is -2.22. The Morgan fingerprint density at radius 1 is 1.10 bits per heavy atom. The van der Waals surface area contributed by atoms with Crippen molar-refractivity contribution in [2.24, 2.45) is 0 Å². The third-order valence-electron chi connectivity index (χ3n) is 3.14. The first-order valence-electron chi connectivity index (χ1n) is 6.90. The predicted molar refractivity (Wildman–Crippen MR) is 84.3 cm³/mol. The summed E-state index contributed by atoms with van der Waals surface area (Å²) in [4.78, 5) is 0. The smallest absolute Gasteiger partial charge is 0.120 e. The number of benzene rings is 2. The van der Waals surface area contributed by atoms with Gasteiger partial charge < -0.3 is 15.4 Å². The summed E-state index contributed by atoms with van der Waals surface area (Å²) in [5, 5.41) is 15.8. The van der Waals surface area contributed by atoms with E-state index in [0.29, 0.717) is 11.3 Å². The normalized spacial score (nSPS) is 9.90. The average molecular weight is 281 g/mol. The van der Waals surface area contributed by atoms with Crippen LogP contribution in [0.3, 0.4) is 0 Å². The van der Waals surface area contributed by atoms with Crippen LogP contribution in [0.1, 0.15) is 11.1 Å². The molecule has 0 saturated carbocycles. The molecule has 0 fully saturated rings. The van der Waals surface area contributed by atoms with E-state index in [9.17, 15) is 0 Å². The second-order valence-corrected chi connectivity index (χ2v) is 4.61. The molecule has 2 rings (SSSR count). The molecule has 0 heterocycles. The third kappa shape index (κ3) is 4.51. The molecule has 4 heteroatoms. The Hall–Kier alpha value is -2.51. The van der Waals surface area contributed by atoms with E-state index < -0.39 is 0 Å². The molecule has 0 aliphatic carbocycles. The van der Waals surface area contributed by atoms with Crippen molar-refractivity contribution in [3.8, 4) is 11.8 Å². The molecule has 2 aromatic rings. The largest absolute Gasteiger partial charge is 0.497 e. The van der Waals surface area contributed by atoms with Gasteiger partial charge in [0.25, 0.3) is 0 Å². The Morgan fingerprint density at radius 3 is 2.62 bits per heavy atom. The first kappa shape index (κ1) is 14.9. The van der Waals surface area contributed by atoms with Crippen molar-refractivity contribution in [1.82, 2.24) is 5.32 Å². The Labute approximate surface area is 125 Å². The molecule has 0 spiro atoms. The number of anilines is 1. The van der Waals surface area contributed by atoms with Gasteiger partial charge >= 0.3 is 0 Å². The molecule has 108 valence electrons. The van der Waals surface area contributed by atoms with Gasteiger partial charge in [0.05, 0.1) is 18.4 Å². The molecule has 0 radical (unpaired) electrons. The first-order valence-corrected chi connectivity index (χ1v) is 6.90. The van der Waals surface area contributed by atoms with Crippen molar-refractivity contribution in [2.75, 3.05) is 25.5 Å². The molecular formula is C17H19N3O. The highest BCUT2D eigenvalue weighted by molar-refractivity contribution is 5.59. The Balaban J connectivity index is 1.77.